The molecule has 1 atom stereocenters. The third kappa shape index (κ3) is 3.49. The third-order valence-corrected chi connectivity index (χ3v) is 3.80. The van der Waals surface area contributed by atoms with Gasteiger partial charge in [0.2, 0.25) is 0 Å². The molecule has 94 valence electrons. The fourth-order valence-corrected chi connectivity index (χ4v) is 2.75. The number of nitrogens with one attached hydrogen (secondary N) is 1. The zero-order valence-electron chi connectivity index (χ0n) is 10.6. The van der Waals surface area contributed by atoms with E-state index in [9.17, 15) is 0 Å². The summed E-state index contributed by atoms with van der Waals surface area (Å²) >= 11 is 1.79. The van der Waals surface area contributed by atoms with Crippen molar-refractivity contribution in [1.82, 2.24) is 10.5 Å². The predicted octanol–water partition coefficient (Wildman–Crippen LogP) is 2.59. The fraction of sp³-hybridized carbons (Fsp3) is 0.667. The Morgan fingerprint density at radius 1 is 1.65 bits per heavy atom. The van der Waals surface area contributed by atoms with Crippen LogP contribution in [0.1, 0.15) is 31.7 Å². The molecule has 1 aliphatic rings. The van der Waals surface area contributed by atoms with Crippen molar-refractivity contribution in [2.45, 2.75) is 39.8 Å². The molecule has 0 saturated carbocycles. The number of hydrogen-bond donors (Lipinski definition) is 1. The van der Waals surface area contributed by atoms with Gasteiger partial charge in [-0.15, -0.1) is 0 Å². The first-order valence-electron chi connectivity index (χ1n) is 6.01. The van der Waals surface area contributed by atoms with Gasteiger partial charge < -0.3 is 9.84 Å². The average molecular weight is 253 g/mol. The highest BCUT2D eigenvalue weighted by atomic mass is 32.2. The Labute approximate surface area is 106 Å². The van der Waals surface area contributed by atoms with Crippen LogP contribution in [0, 0.1) is 12.8 Å². The molecular formula is C12H19N3OS. The lowest BCUT2D eigenvalue weighted by Gasteiger charge is -2.28. The highest BCUT2D eigenvalue weighted by Gasteiger charge is 2.19. The van der Waals surface area contributed by atoms with E-state index in [1.54, 1.807) is 11.8 Å². The number of nitrogens with zero attached hydrogens (tertiary/aromatic N) is 2. The van der Waals surface area contributed by atoms with Crippen molar-refractivity contribution in [2.24, 2.45) is 10.9 Å². The van der Waals surface area contributed by atoms with Crippen LogP contribution < -0.4 is 5.32 Å². The Hall–Kier alpha value is -0.970. The van der Waals surface area contributed by atoms with Crippen molar-refractivity contribution < 1.29 is 4.52 Å². The van der Waals surface area contributed by atoms with E-state index >= 15 is 0 Å². The van der Waals surface area contributed by atoms with Gasteiger partial charge >= 0.3 is 0 Å². The van der Waals surface area contributed by atoms with Crippen LogP contribution in [-0.2, 0) is 6.54 Å². The van der Waals surface area contributed by atoms with Crippen LogP contribution in [0.2, 0.25) is 0 Å². The highest BCUT2D eigenvalue weighted by Crippen LogP contribution is 2.19. The summed E-state index contributed by atoms with van der Waals surface area (Å²) in [7, 11) is 0. The van der Waals surface area contributed by atoms with Gasteiger partial charge in [0, 0.05) is 17.9 Å². The summed E-state index contributed by atoms with van der Waals surface area (Å²) < 4.78 is 5.02. The molecule has 1 aromatic rings. The van der Waals surface area contributed by atoms with Crippen LogP contribution in [0.25, 0.3) is 0 Å². The Balaban J connectivity index is 1.93. The topological polar surface area (TPSA) is 50.4 Å². The minimum absolute atomic E-state index is 0.550. The van der Waals surface area contributed by atoms with Gasteiger partial charge in [-0.25, -0.2) is 0 Å². The number of rotatable bonds is 3. The second-order valence-electron chi connectivity index (χ2n) is 4.68. The van der Waals surface area contributed by atoms with Gasteiger partial charge in [-0.1, -0.05) is 30.8 Å². The molecule has 1 aromatic heterocycles. The molecule has 0 amide bonds. The summed E-state index contributed by atoms with van der Waals surface area (Å²) in [6.45, 7) is 6.97. The lowest BCUT2D eigenvalue weighted by molar-refractivity contribution is 0.391. The Morgan fingerprint density at radius 3 is 3.12 bits per heavy atom. The van der Waals surface area contributed by atoms with Gasteiger partial charge in [0.25, 0.3) is 0 Å². The van der Waals surface area contributed by atoms with Gasteiger partial charge in [0.05, 0.1) is 6.54 Å². The van der Waals surface area contributed by atoms with E-state index in [0.717, 1.165) is 22.4 Å². The van der Waals surface area contributed by atoms with Crippen LogP contribution in [0.3, 0.4) is 0 Å². The maximum absolute atomic E-state index is 5.02. The van der Waals surface area contributed by atoms with E-state index in [1.807, 2.05) is 13.0 Å². The second-order valence-corrected chi connectivity index (χ2v) is 5.77. The molecular weight excluding hydrogens is 234 g/mol. The first kappa shape index (κ1) is 12.5. The van der Waals surface area contributed by atoms with Crippen molar-refractivity contribution in [2.75, 3.05) is 5.75 Å². The molecule has 0 aliphatic carbocycles. The first-order chi connectivity index (χ1) is 8.15. The van der Waals surface area contributed by atoms with Gasteiger partial charge in [-0.2, -0.15) is 0 Å². The monoisotopic (exact) mass is 253 g/mol. The summed E-state index contributed by atoms with van der Waals surface area (Å²) in [5.41, 5.74) is 0.893. The van der Waals surface area contributed by atoms with Crippen molar-refractivity contribution in [3.63, 3.8) is 0 Å². The third-order valence-electron chi connectivity index (χ3n) is 2.84. The molecule has 0 aromatic carbocycles. The standard InChI is InChI=1S/C12H19N3OS/c1-8(2)11-4-5-17-12(14-11)13-7-10-6-9(3)16-15-10/h6,8,11H,4-5,7H2,1-3H3,(H,13,14). The van der Waals surface area contributed by atoms with Crippen LogP contribution >= 0.6 is 11.8 Å². The molecule has 4 nitrogen and oxygen atoms in total. The summed E-state index contributed by atoms with van der Waals surface area (Å²) in [5.74, 6) is 2.63. The van der Waals surface area contributed by atoms with Crippen molar-refractivity contribution in [3.05, 3.63) is 17.5 Å². The largest absolute Gasteiger partial charge is 0.362 e. The van der Waals surface area contributed by atoms with E-state index < -0.39 is 0 Å². The maximum Gasteiger partial charge on any atom is 0.157 e. The number of aliphatic imine (C=N–C) groups is 1. The molecule has 1 saturated heterocycles. The molecule has 2 rings (SSSR count). The highest BCUT2D eigenvalue weighted by molar-refractivity contribution is 8.13. The molecule has 17 heavy (non-hydrogen) atoms. The average Bonchev–Trinajstić information content (AvgIpc) is 2.73. The Bertz CT molecular complexity index is 400. The Morgan fingerprint density at radius 2 is 2.47 bits per heavy atom. The lowest BCUT2D eigenvalue weighted by atomic mass is 10.0. The predicted molar refractivity (Wildman–Crippen MR) is 71.2 cm³/mol. The summed E-state index contributed by atoms with van der Waals surface area (Å²) in [6, 6.07) is 2.48. The number of amidine groups is 1. The van der Waals surface area contributed by atoms with Crippen LogP contribution in [-0.4, -0.2) is 22.1 Å². The molecule has 0 spiro atoms. The number of hydrogen-bond acceptors (Lipinski definition) is 4. The van der Waals surface area contributed by atoms with Crippen LogP contribution in [0.15, 0.2) is 15.6 Å². The van der Waals surface area contributed by atoms with Gasteiger partial charge in [0.1, 0.15) is 11.5 Å². The molecule has 5 heteroatoms. The first-order valence-corrected chi connectivity index (χ1v) is 6.99. The van der Waals surface area contributed by atoms with E-state index in [-0.39, 0.29) is 0 Å². The summed E-state index contributed by atoms with van der Waals surface area (Å²) in [4.78, 5) is 4.55. The van der Waals surface area contributed by atoms with Gasteiger partial charge in [0.15, 0.2) is 5.17 Å². The van der Waals surface area contributed by atoms with E-state index in [4.69, 9.17) is 4.52 Å². The molecule has 2 heterocycles. The lowest BCUT2D eigenvalue weighted by Crippen LogP contribution is -2.41. The Kier molecular flexibility index (Phi) is 4.10. The van der Waals surface area contributed by atoms with Crippen molar-refractivity contribution in [3.8, 4) is 0 Å². The molecule has 0 radical (unpaired) electrons. The molecule has 1 N–H and O–H groups in total. The minimum Gasteiger partial charge on any atom is -0.362 e. The second kappa shape index (κ2) is 5.58. The molecule has 0 bridgehead atoms. The SMILES string of the molecule is Cc1cc(CN=C2NC(C(C)C)CCS2)no1. The minimum atomic E-state index is 0.550. The number of aromatic nitrogens is 1. The quantitative estimate of drug-likeness (QED) is 0.899. The molecule has 1 fully saturated rings. The zero-order chi connectivity index (χ0) is 12.3. The van der Waals surface area contributed by atoms with E-state index in [2.05, 4.69) is 29.3 Å². The summed E-state index contributed by atoms with van der Waals surface area (Å²) in [6.07, 6.45) is 1.21. The fourth-order valence-electron chi connectivity index (χ4n) is 1.79. The van der Waals surface area contributed by atoms with E-state index in [1.165, 1.54) is 6.42 Å². The normalized spacial score (nSPS) is 23.1. The van der Waals surface area contributed by atoms with E-state index in [0.29, 0.717) is 18.5 Å². The number of thioether (sulfide) groups is 1. The molecule has 1 unspecified atom stereocenters. The maximum atomic E-state index is 5.02. The summed E-state index contributed by atoms with van der Waals surface area (Å²) in [5, 5.41) is 8.46. The number of aryl methyl sites for hydroxylation is 1. The van der Waals surface area contributed by atoms with Crippen LogP contribution in [0.4, 0.5) is 0 Å². The van der Waals surface area contributed by atoms with Crippen LogP contribution in [0.5, 0.6) is 0 Å². The van der Waals surface area contributed by atoms with Crippen molar-refractivity contribution >= 4 is 16.9 Å². The van der Waals surface area contributed by atoms with Crippen molar-refractivity contribution in [1.29, 1.82) is 0 Å². The van der Waals surface area contributed by atoms with Gasteiger partial charge in [-0.3, -0.25) is 4.99 Å². The molecule has 1 aliphatic heterocycles. The zero-order valence-corrected chi connectivity index (χ0v) is 11.4. The smallest absolute Gasteiger partial charge is 0.157 e. The van der Waals surface area contributed by atoms with Gasteiger partial charge in [-0.05, 0) is 19.3 Å².